The van der Waals surface area contributed by atoms with Crippen LogP contribution in [0.3, 0.4) is 0 Å². The Morgan fingerprint density at radius 1 is 1.38 bits per heavy atom. The summed E-state index contributed by atoms with van der Waals surface area (Å²) in [7, 11) is 1.50. The monoisotopic (exact) mass is 180 g/mol. The van der Waals surface area contributed by atoms with Crippen LogP contribution in [0.1, 0.15) is 12.5 Å². The SMILES string of the molecule is C=C(C)c1c(OC)ccc(O)c1O. The molecule has 70 valence electrons. The van der Waals surface area contributed by atoms with Gasteiger partial charge < -0.3 is 14.9 Å². The van der Waals surface area contributed by atoms with Crippen molar-refractivity contribution in [2.45, 2.75) is 6.92 Å². The summed E-state index contributed by atoms with van der Waals surface area (Å²) in [6.07, 6.45) is 0. The highest BCUT2D eigenvalue weighted by atomic mass is 16.5. The quantitative estimate of drug-likeness (QED) is 0.685. The molecule has 0 atom stereocenters. The van der Waals surface area contributed by atoms with E-state index in [1.807, 2.05) is 0 Å². The van der Waals surface area contributed by atoms with Crippen LogP contribution in [0.4, 0.5) is 0 Å². The minimum Gasteiger partial charge on any atom is -0.504 e. The minimum absolute atomic E-state index is 0.168. The zero-order valence-corrected chi connectivity index (χ0v) is 7.66. The van der Waals surface area contributed by atoms with E-state index in [4.69, 9.17) is 4.74 Å². The van der Waals surface area contributed by atoms with Crippen molar-refractivity contribution in [1.82, 2.24) is 0 Å². The predicted octanol–water partition coefficient (Wildman–Crippen LogP) is 2.14. The van der Waals surface area contributed by atoms with Crippen LogP contribution < -0.4 is 4.74 Å². The molecule has 3 heteroatoms. The first-order valence-electron chi connectivity index (χ1n) is 3.82. The topological polar surface area (TPSA) is 49.7 Å². The van der Waals surface area contributed by atoms with Gasteiger partial charge in [0.2, 0.25) is 0 Å². The maximum atomic E-state index is 9.49. The molecule has 0 spiro atoms. The van der Waals surface area contributed by atoms with Crippen LogP contribution >= 0.6 is 0 Å². The molecule has 0 unspecified atom stereocenters. The zero-order chi connectivity index (χ0) is 10.0. The normalized spacial score (nSPS) is 9.69. The van der Waals surface area contributed by atoms with Crippen molar-refractivity contribution in [2.24, 2.45) is 0 Å². The molecule has 0 amide bonds. The van der Waals surface area contributed by atoms with Gasteiger partial charge in [-0.05, 0) is 24.6 Å². The molecule has 1 aromatic carbocycles. The molecule has 0 aliphatic carbocycles. The Morgan fingerprint density at radius 3 is 2.46 bits per heavy atom. The first kappa shape index (κ1) is 9.45. The van der Waals surface area contributed by atoms with E-state index in [-0.39, 0.29) is 11.5 Å². The summed E-state index contributed by atoms with van der Waals surface area (Å²) in [6, 6.07) is 2.96. The van der Waals surface area contributed by atoms with E-state index in [1.54, 1.807) is 13.0 Å². The highest BCUT2D eigenvalue weighted by Gasteiger charge is 2.12. The molecule has 0 fully saturated rings. The third-order valence-corrected chi connectivity index (χ3v) is 1.77. The fraction of sp³-hybridized carbons (Fsp3) is 0.200. The third-order valence-electron chi connectivity index (χ3n) is 1.77. The van der Waals surface area contributed by atoms with Gasteiger partial charge in [0.05, 0.1) is 12.7 Å². The van der Waals surface area contributed by atoms with Gasteiger partial charge in [-0.2, -0.15) is 0 Å². The number of allylic oxidation sites excluding steroid dienone is 1. The third kappa shape index (κ3) is 1.59. The molecular weight excluding hydrogens is 168 g/mol. The summed E-state index contributed by atoms with van der Waals surface area (Å²) in [5, 5.41) is 18.7. The van der Waals surface area contributed by atoms with E-state index in [9.17, 15) is 10.2 Å². The molecule has 1 rings (SSSR count). The standard InChI is InChI=1S/C10H12O3/c1-6(2)9-8(13-3)5-4-7(11)10(9)12/h4-5,11-12H,1H2,2-3H3. The molecule has 1 aromatic rings. The fourth-order valence-electron chi connectivity index (χ4n) is 1.14. The predicted molar refractivity (Wildman–Crippen MR) is 51.0 cm³/mol. The molecule has 0 heterocycles. The number of methoxy groups -OCH3 is 1. The lowest BCUT2D eigenvalue weighted by molar-refractivity contribution is 0.384. The van der Waals surface area contributed by atoms with Crippen LogP contribution in [-0.4, -0.2) is 17.3 Å². The second kappa shape index (κ2) is 3.39. The number of benzene rings is 1. The van der Waals surface area contributed by atoms with Gasteiger partial charge in [-0.25, -0.2) is 0 Å². The van der Waals surface area contributed by atoms with Crippen molar-refractivity contribution < 1.29 is 14.9 Å². The zero-order valence-electron chi connectivity index (χ0n) is 7.66. The van der Waals surface area contributed by atoms with E-state index in [0.29, 0.717) is 16.9 Å². The second-order valence-electron chi connectivity index (χ2n) is 2.79. The van der Waals surface area contributed by atoms with Gasteiger partial charge in [-0.1, -0.05) is 6.58 Å². The lowest BCUT2D eigenvalue weighted by atomic mass is 10.1. The number of phenols is 2. The highest BCUT2D eigenvalue weighted by molar-refractivity contribution is 5.74. The molecule has 0 aliphatic rings. The molecule has 0 bridgehead atoms. The summed E-state index contributed by atoms with van der Waals surface area (Å²) in [6.45, 7) is 5.42. The fourth-order valence-corrected chi connectivity index (χ4v) is 1.14. The Hall–Kier alpha value is -1.64. The molecule has 0 aromatic heterocycles. The van der Waals surface area contributed by atoms with Gasteiger partial charge in [-0.15, -0.1) is 0 Å². The van der Waals surface area contributed by atoms with Crippen molar-refractivity contribution in [3.05, 3.63) is 24.3 Å². The van der Waals surface area contributed by atoms with Crippen molar-refractivity contribution >= 4 is 5.57 Å². The van der Waals surface area contributed by atoms with E-state index < -0.39 is 0 Å². The van der Waals surface area contributed by atoms with Crippen LogP contribution in [0.2, 0.25) is 0 Å². The molecule has 0 radical (unpaired) electrons. The van der Waals surface area contributed by atoms with Crippen LogP contribution in [0.15, 0.2) is 18.7 Å². The smallest absolute Gasteiger partial charge is 0.168 e. The average molecular weight is 180 g/mol. The van der Waals surface area contributed by atoms with Crippen LogP contribution in [0.25, 0.3) is 5.57 Å². The van der Waals surface area contributed by atoms with Crippen molar-refractivity contribution in [3.63, 3.8) is 0 Å². The molecule has 13 heavy (non-hydrogen) atoms. The van der Waals surface area contributed by atoms with E-state index in [0.717, 1.165) is 0 Å². The van der Waals surface area contributed by atoms with Gasteiger partial charge in [0, 0.05) is 0 Å². The maximum Gasteiger partial charge on any atom is 0.168 e. The molecule has 3 nitrogen and oxygen atoms in total. The summed E-state index contributed by atoms with van der Waals surface area (Å²) < 4.78 is 5.01. The summed E-state index contributed by atoms with van der Waals surface area (Å²) in [5.41, 5.74) is 1.09. The van der Waals surface area contributed by atoms with Gasteiger partial charge in [0.1, 0.15) is 5.75 Å². The molecular formula is C10H12O3. The summed E-state index contributed by atoms with van der Waals surface area (Å²) in [4.78, 5) is 0. The summed E-state index contributed by atoms with van der Waals surface area (Å²) in [5.74, 6) is 0.147. The number of rotatable bonds is 2. The van der Waals surface area contributed by atoms with Crippen LogP contribution in [0, 0.1) is 0 Å². The Kier molecular flexibility index (Phi) is 2.46. The van der Waals surface area contributed by atoms with E-state index in [2.05, 4.69) is 6.58 Å². The summed E-state index contributed by atoms with van der Waals surface area (Å²) >= 11 is 0. The van der Waals surface area contributed by atoms with Gasteiger partial charge in [0.15, 0.2) is 11.5 Å². The van der Waals surface area contributed by atoms with Gasteiger partial charge in [-0.3, -0.25) is 0 Å². The second-order valence-corrected chi connectivity index (χ2v) is 2.79. The van der Waals surface area contributed by atoms with Crippen molar-refractivity contribution in [2.75, 3.05) is 7.11 Å². The maximum absolute atomic E-state index is 9.49. The van der Waals surface area contributed by atoms with E-state index in [1.165, 1.54) is 13.2 Å². The minimum atomic E-state index is -0.188. The first-order valence-corrected chi connectivity index (χ1v) is 3.82. The van der Waals surface area contributed by atoms with Gasteiger partial charge >= 0.3 is 0 Å². The van der Waals surface area contributed by atoms with Crippen LogP contribution in [0.5, 0.6) is 17.2 Å². The molecule has 2 N–H and O–H groups in total. The molecule has 0 aliphatic heterocycles. The lowest BCUT2D eigenvalue weighted by Crippen LogP contribution is -1.89. The molecule has 0 saturated carbocycles. The van der Waals surface area contributed by atoms with Crippen LogP contribution in [-0.2, 0) is 0 Å². The Balaban J connectivity index is 3.41. The highest BCUT2D eigenvalue weighted by Crippen LogP contribution is 2.39. The first-order chi connectivity index (χ1) is 6.07. The Morgan fingerprint density at radius 2 is 2.00 bits per heavy atom. The average Bonchev–Trinajstić information content (AvgIpc) is 2.08. The number of phenolic OH excluding ortho intramolecular Hbond substituents is 2. The van der Waals surface area contributed by atoms with E-state index >= 15 is 0 Å². The largest absolute Gasteiger partial charge is 0.504 e. The molecule has 0 saturated heterocycles. The number of hydrogen-bond donors (Lipinski definition) is 2. The van der Waals surface area contributed by atoms with Crippen molar-refractivity contribution in [1.29, 1.82) is 0 Å². The Bertz CT molecular complexity index is 342. The number of aromatic hydroxyl groups is 2. The number of hydrogen-bond acceptors (Lipinski definition) is 3. The number of ether oxygens (including phenoxy) is 1. The Labute approximate surface area is 76.9 Å². The van der Waals surface area contributed by atoms with Gasteiger partial charge in [0.25, 0.3) is 0 Å². The lowest BCUT2D eigenvalue weighted by Gasteiger charge is -2.10. The van der Waals surface area contributed by atoms with Crippen molar-refractivity contribution in [3.8, 4) is 17.2 Å².